The van der Waals surface area contributed by atoms with Crippen LogP contribution in [-0.2, 0) is 16.1 Å². The first-order valence-electron chi connectivity index (χ1n) is 8.03. The maximum Gasteiger partial charge on any atom is 0.242 e. The minimum Gasteiger partial charge on any atom is -0.497 e. The minimum absolute atomic E-state index is 0.116. The third-order valence-corrected chi connectivity index (χ3v) is 3.78. The molecule has 1 N–H and O–H groups in total. The second kappa shape index (κ2) is 9.18. The molecule has 1 aromatic rings. The number of amides is 2. The fourth-order valence-electron chi connectivity index (χ4n) is 2.22. The smallest absolute Gasteiger partial charge is 0.242 e. The summed E-state index contributed by atoms with van der Waals surface area (Å²) >= 11 is 0. The van der Waals surface area contributed by atoms with Crippen molar-refractivity contribution in [1.82, 2.24) is 10.2 Å². The number of nitrogens with zero attached hydrogens (tertiary/aromatic N) is 1. The van der Waals surface area contributed by atoms with Crippen molar-refractivity contribution in [1.29, 1.82) is 0 Å². The minimum atomic E-state index is -0.498. The molecule has 0 heterocycles. The fraction of sp³-hybridized carbons (Fsp3) is 0.556. The lowest BCUT2D eigenvalue weighted by atomic mass is 10.1. The third kappa shape index (κ3) is 6.30. The van der Waals surface area contributed by atoms with Gasteiger partial charge in [0.05, 0.1) is 7.11 Å². The highest BCUT2D eigenvalue weighted by atomic mass is 16.5. The molecule has 2 amide bonds. The number of benzene rings is 1. The maximum atomic E-state index is 12.2. The highest BCUT2D eigenvalue weighted by Gasteiger charge is 2.23. The topological polar surface area (TPSA) is 58.6 Å². The molecule has 23 heavy (non-hydrogen) atoms. The zero-order chi connectivity index (χ0) is 17.4. The Balaban J connectivity index is 2.68. The molecule has 0 aromatic heterocycles. The fourth-order valence-corrected chi connectivity index (χ4v) is 2.22. The summed E-state index contributed by atoms with van der Waals surface area (Å²) in [5.74, 6) is 1.07. The molecule has 0 fully saturated rings. The largest absolute Gasteiger partial charge is 0.497 e. The number of nitrogens with one attached hydrogen (secondary N) is 1. The summed E-state index contributed by atoms with van der Waals surface area (Å²) in [6.45, 7) is 8.51. The monoisotopic (exact) mass is 320 g/mol. The van der Waals surface area contributed by atoms with Crippen LogP contribution in [-0.4, -0.2) is 36.4 Å². The number of carbonyl (C=O) groups is 2. The zero-order valence-corrected chi connectivity index (χ0v) is 14.8. The second-order valence-electron chi connectivity index (χ2n) is 6.14. The van der Waals surface area contributed by atoms with Crippen molar-refractivity contribution in [2.75, 3.05) is 13.7 Å². The summed E-state index contributed by atoms with van der Waals surface area (Å²) in [5, 5.41) is 2.90. The Hall–Kier alpha value is -2.04. The van der Waals surface area contributed by atoms with Crippen LogP contribution in [0.15, 0.2) is 24.3 Å². The van der Waals surface area contributed by atoms with Crippen LogP contribution < -0.4 is 10.1 Å². The lowest BCUT2D eigenvalue weighted by Gasteiger charge is -2.27. The van der Waals surface area contributed by atoms with Gasteiger partial charge in [0.15, 0.2) is 0 Å². The number of hydrogen-bond acceptors (Lipinski definition) is 3. The molecule has 1 aromatic carbocycles. The van der Waals surface area contributed by atoms with E-state index in [1.165, 1.54) is 6.92 Å². The van der Waals surface area contributed by atoms with Crippen molar-refractivity contribution in [2.45, 2.75) is 46.7 Å². The van der Waals surface area contributed by atoms with Gasteiger partial charge in [0, 0.05) is 20.0 Å². The first-order valence-corrected chi connectivity index (χ1v) is 8.03. The molecule has 1 unspecified atom stereocenters. The zero-order valence-electron chi connectivity index (χ0n) is 14.8. The lowest BCUT2D eigenvalue weighted by molar-refractivity contribution is -0.139. The molecular weight excluding hydrogens is 292 g/mol. The van der Waals surface area contributed by atoms with Gasteiger partial charge in [-0.1, -0.05) is 26.0 Å². The van der Waals surface area contributed by atoms with Gasteiger partial charge < -0.3 is 15.0 Å². The number of methoxy groups -OCH3 is 1. The predicted octanol–water partition coefficient (Wildman–Crippen LogP) is 2.59. The van der Waals surface area contributed by atoms with Crippen LogP contribution in [0.3, 0.4) is 0 Å². The molecule has 5 heteroatoms. The number of carbonyl (C=O) groups excluding carboxylic acids is 2. The van der Waals surface area contributed by atoms with E-state index in [-0.39, 0.29) is 11.8 Å². The normalized spacial score (nSPS) is 11.9. The van der Waals surface area contributed by atoms with Crippen LogP contribution >= 0.6 is 0 Å². The van der Waals surface area contributed by atoms with Gasteiger partial charge in [0.2, 0.25) is 11.8 Å². The van der Waals surface area contributed by atoms with E-state index < -0.39 is 6.04 Å². The van der Waals surface area contributed by atoms with E-state index in [0.29, 0.717) is 19.0 Å². The van der Waals surface area contributed by atoms with Gasteiger partial charge in [0.25, 0.3) is 0 Å². The Labute approximate surface area is 139 Å². The molecule has 0 saturated carbocycles. The van der Waals surface area contributed by atoms with Crippen molar-refractivity contribution in [3.8, 4) is 5.75 Å². The summed E-state index contributed by atoms with van der Waals surface area (Å²) < 4.78 is 5.13. The van der Waals surface area contributed by atoms with Crippen molar-refractivity contribution in [3.63, 3.8) is 0 Å². The van der Waals surface area contributed by atoms with Crippen LogP contribution in [0.2, 0.25) is 0 Å². The van der Waals surface area contributed by atoms with Crippen LogP contribution in [0, 0.1) is 5.92 Å². The molecule has 0 saturated heterocycles. The van der Waals surface area contributed by atoms with Gasteiger partial charge in [-0.3, -0.25) is 9.59 Å². The van der Waals surface area contributed by atoms with Crippen LogP contribution in [0.5, 0.6) is 5.75 Å². The van der Waals surface area contributed by atoms with E-state index in [4.69, 9.17) is 4.74 Å². The Morgan fingerprint density at radius 2 is 1.78 bits per heavy atom. The van der Waals surface area contributed by atoms with Crippen molar-refractivity contribution in [2.24, 2.45) is 5.92 Å². The van der Waals surface area contributed by atoms with E-state index in [0.717, 1.165) is 17.7 Å². The van der Waals surface area contributed by atoms with Crippen LogP contribution in [0.1, 0.15) is 39.7 Å². The quantitative estimate of drug-likeness (QED) is 0.801. The number of hydrogen-bond donors (Lipinski definition) is 1. The molecule has 1 rings (SSSR count). The van der Waals surface area contributed by atoms with Gasteiger partial charge in [-0.25, -0.2) is 0 Å². The Morgan fingerprint density at radius 3 is 2.26 bits per heavy atom. The average Bonchev–Trinajstić information content (AvgIpc) is 2.51. The first-order chi connectivity index (χ1) is 10.8. The standard InChI is InChI=1S/C18H28N2O3/c1-13(2)10-11-19-18(22)14(3)20(15(4)21)12-16-6-8-17(23-5)9-7-16/h6-9,13-14H,10-12H2,1-5H3,(H,19,22). The molecule has 0 aliphatic carbocycles. The molecule has 0 spiro atoms. The van der Waals surface area contributed by atoms with Crippen molar-refractivity contribution < 1.29 is 14.3 Å². The molecule has 0 radical (unpaired) electrons. The molecule has 128 valence electrons. The van der Waals surface area contributed by atoms with E-state index in [1.54, 1.807) is 18.9 Å². The second-order valence-corrected chi connectivity index (χ2v) is 6.14. The Bertz CT molecular complexity index is 512. The SMILES string of the molecule is COc1ccc(CN(C(C)=O)C(C)C(=O)NCCC(C)C)cc1. The highest BCUT2D eigenvalue weighted by molar-refractivity contribution is 5.86. The van der Waals surface area contributed by atoms with E-state index in [1.807, 2.05) is 24.3 Å². The third-order valence-electron chi connectivity index (χ3n) is 3.78. The Kier molecular flexibility index (Phi) is 7.59. The van der Waals surface area contributed by atoms with Gasteiger partial charge in [-0.2, -0.15) is 0 Å². The van der Waals surface area contributed by atoms with E-state index in [2.05, 4.69) is 19.2 Å². The summed E-state index contributed by atoms with van der Waals surface area (Å²) in [6.07, 6.45) is 0.928. The summed E-state index contributed by atoms with van der Waals surface area (Å²) in [7, 11) is 1.61. The van der Waals surface area contributed by atoms with Crippen molar-refractivity contribution in [3.05, 3.63) is 29.8 Å². The summed E-state index contributed by atoms with van der Waals surface area (Å²) in [4.78, 5) is 25.7. The number of ether oxygens (including phenoxy) is 1. The molecule has 5 nitrogen and oxygen atoms in total. The van der Waals surface area contributed by atoms with Gasteiger partial charge in [-0.05, 0) is 37.0 Å². The number of rotatable bonds is 8. The first kappa shape index (κ1) is 19.0. The molecular formula is C18H28N2O3. The van der Waals surface area contributed by atoms with Crippen LogP contribution in [0.4, 0.5) is 0 Å². The van der Waals surface area contributed by atoms with E-state index >= 15 is 0 Å². The van der Waals surface area contributed by atoms with Crippen LogP contribution in [0.25, 0.3) is 0 Å². The summed E-state index contributed by atoms with van der Waals surface area (Å²) in [6, 6.07) is 7.00. The van der Waals surface area contributed by atoms with Gasteiger partial charge >= 0.3 is 0 Å². The maximum absolute atomic E-state index is 12.2. The van der Waals surface area contributed by atoms with Gasteiger partial charge in [-0.15, -0.1) is 0 Å². The molecule has 1 atom stereocenters. The van der Waals surface area contributed by atoms with E-state index in [9.17, 15) is 9.59 Å². The van der Waals surface area contributed by atoms with Gasteiger partial charge in [0.1, 0.15) is 11.8 Å². The van der Waals surface area contributed by atoms with Crippen molar-refractivity contribution >= 4 is 11.8 Å². The predicted molar refractivity (Wildman–Crippen MR) is 91.1 cm³/mol. The average molecular weight is 320 g/mol. The highest BCUT2D eigenvalue weighted by Crippen LogP contribution is 2.14. The Morgan fingerprint density at radius 1 is 1.17 bits per heavy atom. The molecule has 0 aliphatic heterocycles. The lowest BCUT2D eigenvalue weighted by Crippen LogP contribution is -2.47. The molecule has 0 aliphatic rings. The molecule has 0 bridgehead atoms. The summed E-state index contributed by atoms with van der Waals surface area (Å²) in [5.41, 5.74) is 0.961.